The highest BCUT2D eigenvalue weighted by atomic mass is 127. The number of rotatable bonds is 3. The van der Waals surface area contributed by atoms with Crippen LogP contribution >= 0.6 is 68.4 Å². The van der Waals surface area contributed by atoms with Gasteiger partial charge in [0.1, 0.15) is 19.5 Å². The minimum absolute atomic E-state index is 0.494. The lowest BCUT2D eigenvalue weighted by atomic mass is 10.4. The molecule has 0 saturated heterocycles. The van der Waals surface area contributed by atoms with E-state index in [9.17, 15) is 0 Å². The Labute approximate surface area is 142 Å². The number of anilines is 1. The van der Waals surface area contributed by atoms with E-state index in [0.717, 1.165) is 13.9 Å². The van der Waals surface area contributed by atoms with E-state index < -0.39 is 0 Å². The van der Waals surface area contributed by atoms with Crippen molar-refractivity contribution in [1.82, 2.24) is 14.5 Å². The maximum Gasteiger partial charge on any atom is 0.160 e. The van der Waals surface area contributed by atoms with Crippen LogP contribution in [0.1, 0.15) is 6.92 Å². The maximum absolute atomic E-state index is 6.19. The van der Waals surface area contributed by atoms with E-state index in [2.05, 4.69) is 60.5 Å². The van der Waals surface area contributed by atoms with Gasteiger partial charge in [-0.1, -0.05) is 23.2 Å². The second-order valence-electron chi connectivity index (χ2n) is 3.35. The highest BCUT2D eigenvalue weighted by Gasteiger charge is 2.14. The molecule has 0 aliphatic carbocycles. The van der Waals surface area contributed by atoms with Crippen molar-refractivity contribution in [1.29, 1.82) is 0 Å². The van der Waals surface area contributed by atoms with Crippen LogP contribution in [0.15, 0.2) is 12.4 Å². The molecule has 0 aliphatic rings. The van der Waals surface area contributed by atoms with Crippen LogP contribution in [0.25, 0.3) is 5.82 Å². The van der Waals surface area contributed by atoms with Gasteiger partial charge in [0.15, 0.2) is 5.82 Å². The Balaban J connectivity index is 2.57. The molecule has 0 unspecified atom stereocenters. The van der Waals surface area contributed by atoms with Gasteiger partial charge in [-0.15, -0.1) is 0 Å². The Morgan fingerprint density at radius 1 is 1.33 bits per heavy atom. The largest absolute Gasteiger partial charge is 0.369 e. The number of hydrogen-bond donors (Lipinski definition) is 1. The Hall–Kier alpha value is 0.200. The normalized spacial score (nSPS) is 10.7. The molecule has 0 fully saturated rings. The quantitative estimate of drug-likeness (QED) is 0.632. The minimum atomic E-state index is 0.494. The third kappa shape index (κ3) is 2.86. The molecule has 0 aromatic carbocycles. The van der Waals surface area contributed by atoms with Crippen molar-refractivity contribution in [3.05, 3.63) is 29.8 Å². The first-order chi connectivity index (χ1) is 8.54. The van der Waals surface area contributed by atoms with Crippen molar-refractivity contribution in [2.24, 2.45) is 0 Å². The minimum Gasteiger partial charge on any atom is -0.369 e. The van der Waals surface area contributed by atoms with Crippen molar-refractivity contribution in [2.45, 2.75) is 6.92 Å². The molecule has 4 nitrogen and oxygen atoms in total. The zero-order valence-electron chi connectivity index (χ0n) is 9.22. The van der Waals surface area contributed by atoms with Crippen molar-refractivity contribution < 1.29 is 0 Å². The van der Waals surface area contributed by atoms with Gasteiger partial charge in [0, 0.05) is 6.54 Å². The molecule has 0 atom stereocenters. The fourth-order valence-corrected chi connectivity index (χ4v) is 2.77. The molecule has 8 heteroatoms. The van der Waals surface area contributed by atoms with Crippen LogP contribution < -0.4 is 5.32 Å². The number of nitrogens with zero attached hydrogens (tertiary/aromatic N) is 3. The summed E-state index contributed by atoms with van der Waals surface area (Å²) in [6, 6.07) is 1.69. The zero-order valence-corrected chi connectivity index (χ0v) is 15.0. The van der Waals surface area contributed by atoms with E-state index in [1.54, 1.807) is 12.4 Å². The smallest absolute Gasteiger partial charge is 0.160 e. The first-order valence-corrected chi connectivity index (χ1v) is 7.94. The Morgan fingerprint density at radius 2 is 2.06 bits per heavy atom. The first kappa shape index (κ1) is 14.6. The van der Waals surface area contributed by atoms with Crippen molar-refractivity contribution in [3.63, 3.8) is 0 Å². The van der Waals surface area contributed by atoms with Crippen molar-refractivity contribution in [3.8, 4) is 5.82 Å². The fourth-order valence-electron chi connectivity index (χ4n) is 1.38. The van der Waals surface area contributed by atoms with Gasteiger partial charge in [-0.25, -0.2) is 9.97 Å². The van der Waals surface area contributed by atoms with Gasteiger partial charge in [0.05, 0.1) is 10.0 Å². The summed E-state index contributed by atoms with van der Waals surface area (Å²) in [5.74, 6) is 1.25. The standard InChI is InChI=1S/C10H8Cl2I2N4/c1-2-15-9-5(11)3-6(12)10(17-9)18-4-16-7(13)8(18)14/h3-4H,2H2,1H3,(H,15,17). The maximum atomic E-state index is 6.19. The molecule has 0 radical (unpaired) electrons. The average Bonchev–Trinajstić information content (AvgIpc) is 2.64. The van der Waals surface area contributed by atoms with E-state index in [-0.39, 0.29) is 0 Å². The molecule has 1 N–H and O–H groups in total. The molecule has 0 saturated carbocycles. The fraction of sp³-hybridized carbons (Fsp3) is 0.200. The molecule has 2 heterocycles. The molecule has 0 aliphatic heterocycles. The van der Waals surface area contributed by atoms with Gasteiger partial charge in [0.2, 0.25) is 0 Å². The van der Waals surface area contributed by atoms with E-state index in [4.69, 9.17) is 23.2 Å². The molecule has 18 heavy (non-hydrogen) atoms. The lowest BCUT2D eigenvalue weighted by Gasteiger charge is -2.11. The molecular formula is C10H8Cl2I2N4. The Morgan fingerprint density at radius 3 is 2.61 bits per heavy atom. The average molecular weight is 509 g/mol. The van der Waals surface area contributed by atoms with Gasteiger partial charge >= 0.3 is 0 Å². The lowest BCUT2D eigenvalue weighted by Crippen LogP contribution is -2.05. The van der Waals surface area contributed by atoms with E-state index in [1.807, 2.05) is 11.5 Å². The van der Waals surface area contributed by atoms with Crippen LogP contribution in [0.4, 0.5) is 5.82 Å². The Bertz CT molecular complexity index is 585. The molecule has 0 spiro atoms. The summed E-state index contributed by atoms with van der Waals surface area (Å²) in [5.41, 5.74) is 0. The summed E-state index contributed by atoms with van der Waals surface area (Å²) in [7, 11) is 0. The van der Waals surface area contributed by atoms with Gasteiger partial charge < -0.3 is 5.32 Å². The second-order valence-corrected chi connectivity index (χ2v) is 6.21. The first-order valence-electron chi connectivity index (χ1n) is 5.03. The van der Waals surface area contributed by atoms with Crippen LogP contribution in [0.2, 0.25) is 10.0 Å². The summed E-state index contributed by atoms with van der Waals surface area (Å²) < 4.78 is 3.71. The molecular weight excluding hydrogens is 501 g/mol. The van der Waals surface area contributed by atoms with Gasteiger partial charge in [-0.3, -0.25) is 4.57 Å². The van der Waals surface area contributed by atoms with Crippen molar-refractivity contribution >= 4 is 74.2 Å². The van der Waals surface area contributed by atoms with Crippen LogP contribution in [0.3, 0.4) is 0 Å². The third-order valence-electron chi connectivity index (χ3n) is 2.15. The van der Waals surface area contributed by atoms with Gasteiger partial charge in [-0.2, -0.15) is 0 Å². The second kappa shape index (κ2) is 6.10. The summed E-state index contributed by atoms with van der Waals surface area (Å²) in [5, 5.41) is 4.10. The number of hydrogen-bond acceptors (Lipinski definition) is 3. The molecule has 2 aromatic heterocycles. The number of pyridine rings is 1. The molecule has 96 valence electrons. The van der Waals surface area contributed by atoms with E-state index >= 15 is 0 Å². The highest BCUT2D eigenvalue weighted by Crippen LogP contribution is 2.29. The number of nitrogens with one attached hydrogen (secondary N) is 1. The summed E-state index contributed by atoms with van der Waals surface area (Å²) >= 11 is 16.6. The monoisotopic (exact) mass is 508 g/mol. The summed E-state index contributed by atoms with van der Waals surface area (Å²) in [4.78, 5) is 8.67. The molecule has 2 aromatic rings. The molecule has 2 rings (SSSR count). The van der Waals surface area contributed by atoms with Crippen molar-refractivity contribution in [2.75, 3.05) is 11.9 Å². The summed E-state index contributed by atoms with van der Waals surface area (Å²) in [6.07, 6.45) is 1.70. The molecule has 0 amide bonds. The van der Waals surface area contributed by atoms with E-state index in [1.165, 1.54) is 0 Å². The third-order valence-corrected chi connectivity index (χ3v) is 5.57. The van der Waals surface area contributed by atoms with Gasteiger partial charge in [0.25, 0.3) is 0 Å². The number of aromatic nitrogens is 3. The summed E-state index contributed by atoms with van der Waals surface area (Å²) in [6.45, 7) is 2.72. The van der Waals surface area contributed by atoms with Crippen LogP contribution in [-0.2, 0) is 0 Å². The van der Waals surface area contributed by atoms with Crippen LogP contribution in [0.5, 0.6) is 0 Å². The van der Waals surface area contributed by atoms with E-state index in [0.29, 0.717) is 21.7 Å². The predicted molar refractivity (Wildman–Crippen MR) is 91.0 cm³/mol. The Kier molecular flexibility index (Phi) is 4.95. The topological polar surface area (TPSA) is 42.7 Å². The number of halogens is 4. The lowest BCUT2D eigenvalue weighted by molar-refractivity contribution is 0.966. The number of imidazole rings is 1. The SMILES string of the molecule is CCNc1nc(-n2cnc(I)c2I)c(Cl)cc1Cl. The zero-order chi connectivity index (χ0) is 13.3. The van der Waals surface area contributed by atoms with Crippen LogP contribution in [0, 0.1) is 7.40 Å². The van der Waals surface area contributed by atoms with Crippen LogP contribution in [-0.4, -0.2) is 21.1 Å². The van der Waals surface area contributed by atoms with Gasteiger partial charge in [-0.05, 0) is 58.2 Å². The highest BCUT2D eigenvalue weighted by molar-refractivity contribution is 14.1. The predicted octanol–water partition coefficient (Wildman–Crippen LogP) is 4.22. The molecule has 0 bridgehead atoms.